The van der Waals surface area contributed by atoms with Crippen LogP contribution in [0.15, 0.2) is 60.2 Å². The molecule has 4 rings (SSSR count). The van der Waals surface area contributed by atoms with E-state index >= 15 is 0 Å². The molecule has 0 saturated heterocycles. The van der Waals surface area contributed by atoms with Gasteiger partial charge >= 0.3 is 0 Å². The smallest absolute Gasteiger partial charge is 0.252 e. The highest BCUT2D eigenvalue weighted by Crippen LogP contribution is 2.25. The highest BCUT2D eigenvalue weighted by Gasteiger charge is 2.18. The zero-order chi connectivity index (χ0) is 25.1. The van der Waals surface area contributed by atoms with Gasteiger partial charge in [0.2, 0.25) is 11.9 Å². The lowest BCUT2D eigenvalue weighted by Gasteiger charge is -2.25. The number of carbonyl (C=O) groups excluding carboxylic acids is 1. The van der Waals surface area contributed by atoms with Crippen LogP contribution in [-0.2, 0) is 4.79 Å². The van der Waals surface area contributed by atoms with E-state index in [0.717, 1.165) is 23.1 Å². The Morgan fingerprint density at radius 1 is 1.11 bits per heavy atom. The van der Waals surface area contributed by atoms with Gasteiger partial charge in [0, 0.05) is 43.0 Å². The van der Waals surface area contributed by atoms with E-state index in [1.807, 2.05) is 26.1 Å². The number of carbonyl (C=O) groups is 1. The van der Waals surface area contributed by atoms with Crippen LogP contribution in [0.5, 0.6) is 0 Å². The second-order valence-corrected chi connectivity index (χ2v) is 9.30. The number of hydrogen-bond donors (Lipinski definition) is 1. The first-order valence-electron chi connectivity index (χ1n) is 12.0. The molecule has 2 atom stereocenters. The first-order chi connectivity index (χ1) is 16.8. The predicted octanol–water partition coefficient (Wildman–Crippen LogP) is 4.38. The van der Waals surface area contributed by atoms with Crippen molar-refractivity contribution < 1.29 is 4.79 Å². The van der Waals surface area contributed by atoms with Gasteiger partial charge in [-0.3, -0.25) is 19.1 Å². The van der Waals surface area contributed by atoms with E-state index in [4.69, 9.17) is 0 Å². The molecule has 8 nitrogen and oxygen atoms in total. The molecule has 8 heteroatoms. The van der Waals surface area contributed by atoms with Gasteiger partial charge in [0.1, 0.15) is 5.65 Å². The third-order valence-corrected chi connectivity index (χ3v) is 6.68. The summed E-state index contributed by atoms with van der Waals surface area (Å²) in [5.41, 5.74) is 3.66. The van der Waals surface area contributed by atoms with E-state index in [1.165, 1.54) is 11.6 Å². The Morgan fingerprint density at radius 3 is 2.54 bits per heavy atom. The zero-order valence-electron chi connectivity index (χ0n) is 20.7. The lowest BCUT2D eigenvalue weighted by atomic mass is 10.0. The molecule has 35 heavy (non-hydrogen) atoms. The van der Waals surface area contributed by atoms with Gasteiger partial charge in [-0.2, -0.15) is 4.98 Å². The van der Waals surface area contributed by atoms with E-state index in [9.17, 15) is 9.59 Å². The molecule has 3 aromatic rings. The summed E-state index contributed by atoms with van der Waals surface area (Å²) < 4.78 is 1.74. The fourth-order valence-corrected chi connectivity index (χ4v) is 4.18. The summed E-state index contributed by atoms with van der Waals surface area (Å²) in [5, 5.41) is 4.15. The van der Waals surface area contributed by atoms with Crippen LogP contribution in [0.3, 0.4) is 0 Å². The predicted molar refractivity (Wildman–Crippen MR) is 139 cm³/mol. The van der Waals surface area contributed by atoms with E-state index in [1.54, 1.807) is 27.8 Å². The summed E-state index contributed by atoms with van der Waals surface area (Å²) >= 11 is 0. The maximum absolute atomic E-state index is 12.6. The van der Waals surface area contributed by atoms with Gasteiger partial charge < -0.3 is 10.2 Å². The number of hydrogen-bond acceptors (Lipinski definition) is 6. The minimum absolute atomic E-state index is 0.0108. The lowest BCUT2D eigenvalue weighted by molar-refractivity contribution is -0.125. The van der Waals surface area contributed by atoms with Crippen LogP contribution in [0.25, 0.3) is 16.6 Å². The van der Waals surface area contributed by atoms with Gasteiger partial charge in [0.25, 0.3) is 5.56 Å². The highest BCUT2D eigenvalue weighted by molar-refractivity contribution is 5.87. The molecule has 2 unspecified atom stereocenters. The number of rotatable bonds is 7. The molecule has 1 amide bonds. The molecule has 0 radical (unpaired) electrons. The number of nitrogens with one attached hydrogen (secondary N) is 1. The molecule has 3 aromatic heterocycles. The van der Waals surface area contributed by atoms with E-state index in [0.29, 0.717) is 24.7 Å². The van der Waals surface area contributed by atoms with Crippen molar-refractivity contribution in [3.8, 4) is 0 Å². The monoisotopic (exact) mass is 472 g/mol. The second-order valence-electron chi connectivity index (χ2n) is 9.30. The van der Waals surface area contributed by atoms with Gasteiger partial charge in [0.05, 0.1) is 11.7 Å². The minimum Gasteiger partial charge on any atom is -0.346 e. The molecule has 0 saturated carbocycles. The van der Waals surface area contributed by atoms with Gasteiger partial charge in [-0.25, -0.2) is 4.98 Å². The van der Waals surface area contributed by atoms with Gasteiger partial charge in [-0.05, 0) is 55.5 Å². The highest BCUT2D eigenvalue weighted by atomic mass is 16.2. The van der Waals surface area contributed by atoms with Crippen molar-refractivity contribution >= 4 is 28.5 Å². The topological polar surface area (TPSA) is 93.0 Å². The maximum Gasteiger partial charge on any atom is 0.252 e. The molecular weight excluding hydrogens is 440 g/mol. The quantitative estimate of drug-likeness (QED) is 0.513. The number of anilines is 1. The summed E-state index contributed by atoms with van der Waals surface area (Å²) in [6, 6.07) is 7.27. The molecule has 4 heterocycles. The van der Waals surface area contributed by atoms with E-state index < -0.39 is 0 Å². The molecule has 1 aliphatic heterocycles. The third-order valence-electron chi connectivity index (χ3n) is 6.68. The molecule has 1 N–H and O–H groups in total. The average molecular weight is 473 g/mol. The Bertz CT molecular complexity index is 1330. The summed E-state index contributed by atoms with van der Waals surface area (Å²) in [5.74, 6) is 0.699. The maximum atomic E-state index is 12.6. The molecular formula is C27H32N6O2. The van der Waals surface area contributed by atoms with Crippen molar-refractivity contribution in [1.82, 2.24) is 24.4 Å². The fourth-order valence-electron chi connectivity index (χ4n) is 4.18. The molecule has 0 aliphatic carbocycles. The third kappa shape index (κ3) is 5.16. The summed E-state index contributed by atoms with van der Waals surface area (Å²) in [6.07, 6.45) is 7.83. The molecule has 0 fully saturated rings. The largest absolute Gasteiger partial charge is 0.346 e. The van der Waals surface area contributed by atoms with Gasteiger partial charge in [-0.1, -0.05) is 32.6 Å². The first-order valence-corrected chi connectivity index (χ1v) is 12.0. The van der Waals surface area contributed by atoms with Crippen molar-refractivity contribution in [3.05, 3.63) is 77.0 Å². The van der Waals surface area contributed by atoms with Crippen molar-refractivity contribution in [2.45, 2.75) is 46.2 Å². The number of fused-ring (bicyclic) bond motifs is 1. The number of pyridine rings is 2. The average Bonchev–Trinajstić information content (AvgIpc) is 2.88. The molecule has 182 valence electrons. The van der Waals surface area contributed by atoms with E-state index in [-0.39, 0.29) is 29.5 Å². The normalized spacial score (nSPS) is 15.6. The van der Waals surface area contributed by atoms with Gasteiger partial charge in [0.15, 0.2) is 0 Å². The summed E-state index contributed by atoms with van der Waals surface area (Å²) in [7, 11) is 0. The SMILES string of the molecule is C=CC(=O)N1CC=C(c2ccc(C(C)Nc3ncc4ccc(=O)n(C(C)C(C)C)c4n3)nc2)CC1. The van der Waals surface area contributed by atoms with E-state index in [2.05, 4.69) is 52.8 Å². The van der Waals surface area contributed by atoms with Crippen LogP contribution >= 0.6 is 0 Å². The molecule has 0 spiro atoms. The van der Waals surface area contributed by atoms with Gasteiger partial charge in [-0.15, -0.1) is 0 Å². The molecule has 1 aliphatic rings. The van der Waals surface area contributed by atoms with Crippen LogP contribution in [0.1, 0.15) is 57.5 Å². The Balaban J connectivity index is 1.51. The first kappa shape index (κ1) is 24.3. The van der Waals surface area contributed by atoms with Crippen molar-refractivity contribution in [2.75, 3.05) is 18.4 Å². The van der Waals surface area contributed by atoms with Crippen molar-refractivity contribution in [2.24, 2.45) is 5.92 Å². The molecule has 0 aromatic carbocycles. The lowest BCUT2D eigenvalue weighted by Crippen LogP contribution is -2.33. The Kier molecular flexibility index (Phi) is 7.10. The second kappa shape index (κ2) is 10.2. The Labute approximate surface area is 205 Å². The number of nitrogens with zero attached hydrogens (tertiary/aromatic N) is 5. The summed E-state index contributed by atoms with van der Waals surface area (Å²) in [6.45, 7) is 13.0. The van der Waals surface area contributed by atoms with Crippen molar-refractivity contribution in [3.63, 3.8) is 0 Å². The van der Waals surface area contributed by atoms with Crippen molar-refractivity contribution in [1.29, 1.82) is 0 Å². The number of amides is 1. The fraction of sp³-hybridized carbons (Fsp3) is 0.370. The van der Waals surface area contributed by atoms with Crippen LogP contribution in [0, 0.1) is 5.92 Å². The summed E-state index contributed by atoms with van der Waals surface area (Å²) in [4.78, 5) is 40.0. The molecule has 0 bridgehead atoms. The van der Waals surface area contributed by atoms with Crippen LogP contribution in [0.2, 0.25) is 0 Å². The number of aromatic nitrogens is 4. The van der Waals surface area contributed by atoms with Crippen LogP contribution in [-0.4, -0.2) is 43.4 Å². The zero-order valence-corrected chi connectivity index (χ0v) is 20.7. The van der Waals surface area contributed by atoms with Crippen LogP contribution < -0.4 is 10.9 Å². The van der Waals surface area contributed by atoms with Crippen LogP contribution in [0.4, 0.5) is 5.95 Å². The Hall–Kier alpha value is -3.81. The minimum atomic E-state index is -0.131. The Morgan fingerprint density at radius 2 is 1.91 bits per heavy atom. The standard InChI is InChI=1S/C27H32N6O2/c1-6-24(34)32-13-11-20(12-14-32)21-7-9-23(28-15-21)18(4)30-27-29-16-22-8-10-25(35)33(26(22)31-27)19(5)17(2)3/h6-11,15-19H,1,12-14H2,2-5H3,(H,29,30,31).